The van der Waals surface area contributed by atoms with Crippen LogP contribution in [0.1, 0.15) is 39.0 Å². The van der Waals surface area contributed by atoms with Crippen LogP contribution in [0.2, 0.25) is 0 Å². The maximum atomic E-state index is 4.04. The van der Waals surface area contributed by atoms with Crippen molar-refractivity contribution in [1.82, 2.24) is 14.9 Å². The average molecular weight is 221 g/mol. The van der Waals surface area contributed by atoms with Crippen molar-refractivity contribution in [3.63, 3.8) is 0 Å². The van der Waals surface area contributed by atoms with Crippen LogP contribution in [0.15, 0.2) is 18.7 Å². The first-order chi connectivity index (χ1) is 7.90. The largest absolute Gasteiger partial charge is 0.337 e. The summed E-state index contributed by atoms with van der Waals surface area (Å²) in [5.41, 5.74) is 0. The number of aromatic nitrogens is 2. The van der Waals surface area contributed by atoms with E-state index in [9.17, 15) is 0 Å². The number of hydrogen-bond donors (Lipinski definition) is 1. The van der Waals surface area contributed by atoms with Gasteiger partial charge in [0.1, 0.15) is 0 Å². The van der Waals surface area contributed by atoms with Gasteiger partial charge in [-0.05, 0) is 44.6 Å². The van der Waals surface area contributed by atoms with Gasteiger partial charge in [0, 0.05) is 25.0 Å². The molecule has 1 saturated carbocycles. The highest BCUT2D eigenvalue weighted by atomic mass is 15.0. The second-order valence-electron chi connectivity index (χ2n) is 4.81. The summed E-state index contributed by atoms with van der Waals surface area (Å²) in [4.78, 5) is 4.04. The van der Waals surface area contributed by atoms with E-state index in [1.165, 1.54) is 38.6 Å². The van der Waals surface area contributed by atoms with Crippen molar-refractivity contribution in [2.45, 2.75) is 51.6 Å². The summed E-state index contributed by atoms with van der Waals surface area (Å²) in [6.07, 6.45) is 12.5. The molecule has 1 unspecified atom stereocenters. The maximum Gasteiger partial charge on any atom is 0.0945 e. The predicted octanol–water partition coefficient (Wildman–Crippen LogP) is 2.44. The fraction of sp³-hybridized carbons (Fsp3) is 0.769. The lowest BCUT2D eigenvalue weighted by molar-refractivity contribution is 0.437. The quantitative estimate of drug-likeness (QED) is 0.683. The minimum absolute atomic E-state index is 0.785. The summed E-state index contributed by atoms with van der Waals surface area (Å²) in [5, 5.41) is 3.69. The minimum Gasteiger partial charge on any atom is -0.337 e. The first-order valence-electron chi connectivity index (χ1n) is 6.59. The monoisotopic (exact) mass is 221 g/mol. The van der Waals surface area contributed by atoms with Gasteiger partial charge in [0.25, 0.3) is 0 Å². The Bertz CT molecular complexity index is 277. The predicted molar refractivity (Wildman–Crippen MR) is 66.3 cm³/mol. The zero-order valence-electron chi connectivity index (χ0n) is 10.2. The van der Waals surface area contributed by atoms with E-state index >= 15 is 0 Å². The molecule has 0 amide bonds. The van der Waals surface area contributed by atoms with Crippen LogP contribution in [-0.4, -0.2) is 22.1 Å². The summed E-state index contributed by atoms with van der Waals surface area (Å²) >= 11 is 0. The number of hydrogen-bond acceptors (Lipinski definition) is 2. The molecule has 90 valence electrons. The molecule has 0 aliphatic heterocycles. The summed E-state index contributed by atoms with van der Waals surface area (Å²) in [6.45, 7) is 4.56. The summed E-state index contributed by atoms with van der Waals surface area (Å²) < 4.78 is 2.15. The van der Waals surface area contributed by atoms with Gasteiger partial charge in [-0.2, -0.15) is 0 Å². The van der Waals surface area contributed by atoms with Crippen molar-refractivity contribution in [1.29, 1.82) is 0 Å². The van der Waals surface area contributed by atoms with Crippen LogP contribution in [0.4, 0.5) is 0 Å². The highest BCUT2D eigenvalue weighted by molar-refractivity contribution is 4.85. The molecule has 0 spiro atoms. The molecule has 1 aliphatic rings. The topological polar surface area (TPSA) is 29.9 Å². The minimum atomic E-state index is 0.785. The Morgan fingerprint density at radius 1 is 1.44 bits per heavy atom. The third-order valence-corrected chi connectivity index (χ3v) is 3.44. The molecule has 16 heavy (non-hydrogen) atoms. The Kier molecular flexibility index (Phi) is 4.40. The Morgan fingerprint density at radius 3 is 2.94 bits per heavy atom. The maximum absolute atomic E-state index is 4.04. The van der Waals surface area contributed by atoms with Crippen molar-refractivity contribution in [3.8, 4) is 0 Å². The fourth-order valence-electron chi connectivity index (χ4n) is 2.27. The fourth-order valence-corrected chi connectivity index (χ4v) is 2.27. The molecule has 0 aromatic carbocycles. The van der Waals surface area contributed by atoms with Crippen LogP contribution >= 0.6 is 0 Å². The molecule has 3 nitrogen and oxygen atoms in total. The zero-order valence-corrected chi connectivity index (χ0v) is 10.2. The van der Waals surface area contributed by atoms with E-state index in [0.29, 0.717) is 0 Å². The molecule has 1 aliphatic carbocycles. The number of aryl methyl sites for hydroxylation is 1. The molecular weight excluding hydrogens is 198 g/mol. The molecule has 1 fully saturated rings. The smallest absolute Gasteiger partial charge is 0.0945 e. The Hall–Kier alpha value is -0.830. The van der Waals surface area contributed by atoms with E-state index in [4.69, 9.17) is 0 Å². The Labute approximate surface area is 98.3 Å². The molecule has 2 rings (SSSR count). The van der Waals surface area contributed by atoms with Crippen molar-refractivity contribution in [2.75, 3.05) is 6.54 Å². The van der Waals surface area contributed by atoms with E-state index in [1.54, 1.807) is 0 Å². The van der Waals surface area contributed by atoms with Crippen LogP contribution in [0.25, 0.3) is 0 Å². The van der Waals surface area contributed by atoms with E-state index in [2.05, 4.69) is 21.8 Å². The highest BCUT2D eigenvalue weighted by Gasteiger charge is 2.28. The van der Waals surface area contributed by atoms with Crippen molar-refractivity contribution >= 4 is 0 Å². The third kappa shape index (κ3) is 3.63. The number of unbranched alkanes of at least 4 members (excludes halogenated alkanes) is 1. The molecule has 1 aromatic heterocycles. The van der Waals surface area contributed by atoms with Gasteiger partial charge in [-0.25, -0.2) is 4.98 Å². The van der Waals surface area contributed by atoms with Crippen LogP contribution in [0.5, 0.6) is 0 Å². The summed E-state index contributed by atoms with van der Waals surface area (Å²) in [7, 11) is 0. The van der Waals surface area contributed by atoms with Gasteiger partial charge in [0.15, 0.2) is 0 Å². The van der Waals surface area contributed by atoms with Gasteiger partial charge in [0.2, 0.25) is 0 Å². The van der Waals surface area contributed by atoms with Gasteiger partial charge >= 0.3 is 0 Å². The number of nitrogens with zero attached hydrogens (tertiary/aromatic N) is 2. The molecule has 0 saturated heterocycles. The number of rotatable bonds is 8. The second kappa shape index (κ2) is 6.04. The molecule has 0 radical (unpaired) electrons. The first-order valence-corrected chi connectivity index (χ1v) is 6.59. The molecule has 1 N–H and O–H groups in total. The van der Waals surface area contributed by atoms with E-state index in [-0.39, 0.29) is 0 Å². The Balaban J connectivity index is 1.51. The lowest BCUT2D eigenvalue weighted by Gasteiger charge is -2.15. The second-order valence-corrected chi connectivity index (χ2v) is 4.81. The van der Waals surface area contributed by atoms with E-state index < -0.39 is 0 Å². The highest BCUT2D eigenvalue weighted by Crippen LogP contribution is 2.33. The average Bonchev–Trinajstić information content (AvgIpc) is 3.01. The van der Waals surface area contributed by atoms with Crippen molar-refractivity contribution in [2.24, 2.45) is 5.92 Å². The van der Waals surface area contributed by atoms with Crippen molar-refractivity contribution < 1.29 is 0 Å². The normalized spacial score (nSPS) is 17.6. The molecule has 1 aromatic rings. The first kappa shape index (κ1) is 11.6. The number of nitrogens with one attached hydrogen (secondary N) is 1. The third-order valence-electron chi connectivity index (χ3n) is 3.44. The van der Waals surface area contributed by atoms with Gasteiger partial charge in [-0.1, -0.05) is 6.92 Å². The van der Waals surface area contributed by atoms with Crippen LogP contribution in [0, 0.1) is 5.92 Å². The van der Waals surface area contributed by atoms with Crippen LogP contribution < -0.4 is 5.32 Å². The molecule has 0 bridgehead atoms. The number of imidazole rings is 1. The van der Waals surface area contributed by atoms with Gasteiger partial charge in [0.05, 0.1) is 6.33 Å². The van der Waals surface area contributed by atoms with Crippen LogP contribution in [0.3, 0.4) is 0 Å². The molecule has 1 atom stereocenters. The summed E-state index contributed by atoms with van der Waals surface area (Å²) in [6, 6.07) is 0.785. The van der Waals surface area contributed by atoms with E-state index in [1.807, 2.05) is 18.7 Å². The van der Waals surface area contributed by atoms with Crippen LogP contribution in [-0.2, 0) is 6.54 Å². The molecule has 1 heterocycles. The SMILES string of the molecule is CCC(NCCCCn1ccnc1)C1CC1. The van der Waals surface area contributed by atoms with E-state index in [0.717, 1.165) is 18.5 Å². The summed E-state index contributed by atoms with van der Waals surface area (Å²) in [5.74, 6) is 0.985. The van der Waals surface area contributed by atoms with Gasteiger partial charge < -0.3 is 9.88 Å². The molecule has 3 heteroatoms. The van der Waals surface area contributed by atoms with Gasteiger partial charge in [-0.3, -0.25) is 0 Å². The molecular formula is C13H23N3. The lowest BCUT2D eigenvalue weighted by atomic mass is 10.1. The zero-order chi connectivity index (χ0) is 11.2. The van der Waals surface area contributed by atoms with Gasteiger partial charge in [-0.15, -0.1) is 0 Å². The van der Waals surface area contributed by atoms with Crippen molar-refractivity contribution in [3.05, 3.63) is 18.7 Å². The lowest BCUT2D eigenvalue weighted by Crippen LogP contribution is -2.31. The standard InChI is InChI=1S/C13H23N3/c1-2-13(12-5-6-12)15-7-3-4-9-16-10-8-14-11-16/h8,10-13,15H,2-7,9H2,1H3. The Morgan fingerprint density at radius 2 is 2.31 bits per heavy atom.